The van der Waals surface area contributed by atoms with Crippen LogP contribution in [0.3, 0.4) is 0 Å². The molecule has 1 aliphatic heterocycles. The molecule has 0 saturated carbocycles. The van der Waals surface area contributed by atoms with Gasteiger partial charge in [-0.05, 0) is 48.4 Å². The summed E-state index contributed by atoms with van der Waals surface area (Å²) in [5.41, 5.74) is 2.08. The number of methoxy groups -OCH3 is 1. The van der Waals surface area contributed by atoms with Gasteiger partial charge in [0.15, 0.2) is 0 Å². The average molecular weight is 443 g/mol. The number of halogens is 1. The van der Waals surface area contributed by atoms with Gasteiger partial charge in [0, 0.05) is 49.4 Å². The Balaban J connectivity index is 1.38. The summed E-state index contributed by atoms with van der Waals surface area (Å²) < 4.78 is 10.8. The number of aromatic nitrogens is 2. The van der Waals surface area contributed by atoms with Gasteiger partial charge in [0.25, 0.3) is 0 Å². The van der Waals surface area contributed by atoms with Crippen LogP contribution in [0.2, 0.25) is 5.02 Å². The number of benzene rings is 2. The lowest BCUT2D eigenvalue weighted by Crippen LogP contribution is -2.52. The number of rotatable bonds is 8. The monoisotopic (exact) mass is 442 g/mol. The highest BCUT2D eigenvalue weighted by Crippen LogP contribution is 2.22. The van der Waals surface area contributed by atoms with Gasteiger partial charge in [-0.25, -0.2) is 0 Å². The van der Waals surface area contributed by atoms with E-state index < -0.39 is 0 Å². The molecule has 164 valence electrons. The molecule has 1 N–H and O–H groups in total. The smallest absolute Gasteiger partial charge is 0.241 e. The topological polar surface area (TPSA) is 74.9 Å². The van der Waals surface area contributed by atoms with Gasteiger partial charge in [-0.15, -0.1) is 0 Å². The lowest BCUT2D eigenvalue weighted by Gasteiger charge is -2.41. The molecule has 31 heavy (non-hydrogen) atoms. The number of hydrogen-bond acceptors (Lipinski definition) is 7. The van der Waals surface area contributed by atoms with Crippen molar-refractivity contribution in [3.63, 3.8) is 0 Å². The third kappa shape index (κ3) is 5.62. The maximum atomic E-state index is 9.59. The molecule has 8 heteroatoms. The maximum absolute atomic E-state index is 9.59. The van der Waals surface area contributed by atoms with Gasteiger partial charge in [0.2, 0.25) is 11.7 Å². The minimum atomic E-state index is 0.161. The molecule has 1 saturated heterocycles. The summed E-state index contributed by atoms with van der Waals surface area (Å²) >= 11 is 5.95. The molecule has 0 bridgehead atoms. The first-order chi connectivity index (χ1) is 15.1. The molecule has 7 nitrogen and oxygen atoms in total. The summed E-state index contributed by atoms with van der Waals surface area (Å²) in [4.78, 5) is 9.27. The van der Waals surface area contributed by atoms with Crippen LogP contribution in [0.5, 0.6) is 5.75 Å². The summed E-state index contributed by atoms with van der Waals surface area (Å²) in [7, 11) is 1.68. The third-order valence-corrected chi connectivity index (χ3v) is 5.85. The molecular weight excluding hydrogens is 416 g/mol. The number of hydrogen-bond donors (Lipinski definition) is 1. The quantitative estimate of drug-likeness (QED) is 0.572. The molecule has 1 aliphatic rings. The first-order valence-electron chi connectivity index (χ1n) is 10.4. The van der Waals surface area contributed by atoms with Gasteiger partial charge < -0.3 is 14.4 Å². The standard InChI is InChI=1S/C23H27ClN4O3/c1-30-21-4-2-3-17(13-21)14-28-11-10-27(15-20(28)9-12-29)16-22-25-23(26-31-22)18-5-7-19(24)8-6-18/h2-8,13,20,29H,9-12,14-16H2,1H3/t20-/m1/s1. The van der Waals surface area contributed by atoms with E-state index >= 15 is 0 Å². The van der Waals surface area contributed by atoms with Crippen molar-refractivity contribution >= 4 is 11.6 Å². The summed E-state index contributed by atoms with van der Waals surface area (Å²) in [5.74, 6) is 2.02. The summed E-state index contributed by atoms with van der Waals surface area (Å²) in [5, 5.41) is 14.4. The summed E-state index contributed by atoms with van der Waals surface area (Å²) in [6.45, 7) is 4.22. The predicted octanol–water partition coefficient (Wildman–Crippen LogP) is 3.47. The highest BCUT2D eigenvalue weighted by molar-refractivity contribution is 6.30. The van der Waals surface area contributed by atoms with E-state index in [1.54, 1.807) is 7.11 Å². The van der Waals surface area contributed by atoms with Gasteiger partial charge in [0.1, 0.15) is 5.75 Å². The van der Waals surface area contributed by atoms with Crippen molar-refractivity contribution in [3.05, 3.63) is 65.0 Å². The third-order valence-electron chi connectivity index (χ3n) is 5.60. The number of aliphatic hydroxyl groups excluding tert-OH is 1. The fourth-order valence-corrected chi connectivity index (χ4v) is 4.09. The van der Waals surface area contributed by atoms with Crippen molar-refractivity contribution in [3.8, 4) is 17.1 Å². The van der Waals surface area contributed by atoms with E-state index in [9.17, 15) is 5.11 Å². The Kier molecular flexibility index (Phi) is 7.19. The number of nitrogens with zero attached hydrogens (tertiary/aromatic N) is 4. The van der Waals surface area contributed by atoms with Crippen LogP contribution in [0, 0.1) is 0 Å². The van der Waals surface area contributed by atoms with Crippen LogP contribution in [0.4, 0.5) is 0 Å². The molecule has 0 radical (unpaired) electrons. The number of ether oxygens (including phenoxy) is 1. The second-order valence-electron chi connectivity index (χ2n) is 7.74. The molecular formula is C23H27ClN4O3. The Labute approximate surface area is 187 Å². The van der Waals surface area contributed by atoms with Crippen molar-refractivity contribution in [2.24, 2.45) is 0 Å². The molecule has 1 atom stereocenters. The van der Waals surface area contributed by atoms with Gasteiger partial charge >= 0.3 is 0 Å². The van der Waals surface area contributed by atoms with E-state index in [1.165, 1.54) is 5.56 Å². The van der Waals surface area contributed by atoms with Crippen LogP contribution in [-0.2, 0) is 13.1 Å². The number of piperazine rings is 1. The van der Waals surface area contributed by atoms with Crippen molar-refractivity contribution in [2.45, 2.75) is 25.6 Å². The van der Waals surface area contributed by atoms with Crippen LogP contribution in [0.25, 0.3) is 11.4 Å². The Bertz CT molecular complexity index is 979. The first-order valence-corrected chi connectivity index (χ1v) is 10.8. The van der Waals surface area contributed by atoms with Crippen molar-refractivity contribution < 1.29 is 14.4 Å². The molecule has 2 aromatic carbocycles. The lowest BCUT2D eigenvalue weighted by atomic mass is 10.1. The second-order valence-corrected chi connectivity index (χ2v) is 8.18. The van der Waals surface area contributed by atoms with Crippen LogP contribution >= 0.6 is 11.6 Å². The molecule has 1 fully saturated rings. The maximum Gasteiger partial charge on any atom is 0.241 e. The highest BCUT2D eigenvalue weighted by Gasteiger charge is 2.27. The zero-order chi connectivity index (χ0) is 21.6. The minimum Gasteiger partial charge on any atom is -0.497 e. The summed E-state index contributed by atoms with van der Waals surface area (Å²) in [6, 6.07) is 15.8. The molecule has 2 heterocycles. The van der Waals surface area contributed by atoms with E-state index in [-0.39, 0.29) is 12.6 Å². The molecule has 0 amide bonds. The van der Waals surface area contributed by atoms with Crippen LogP contribution in [-0.4, -0.2) is 64.4 Å². The van der Waals surface area contributed by atoms with Crippen molar-refractivity contribution in [2.75, 3.05) is 33.4 Å². The molecule has 1 aromatic heterocycles. The number of aliphatic hydroxyl groups is 1. The fraction of sp³-hybridized carbons (Fsp3) is 0.391. The van der Waals surface area contributed by atoms with Crippen LogP contribution in [0.1, 0.15) is 17.9 Å². The van der Waals surface area contributed by atoms with Gasteiger partial charge in [-0.2, -0.15) is 4.98 Å². The Hall–Kier alpha value is -2.45. The molecule has 0 unspecified atom stereocenters. The second kappa shape index (κ2) is 10.2. The zero-order valence-corrected chi connectivity index (χ0v) is 18.3. The molecule has 4 rings (SSSR count). The van der Waals surface area contributed by atoms with E-state index in [1.807, 2.05) is 36.4 Å². The van der Waals surface area contributed by atoms with E-state index in [4.69, 9.17) is 20.9 Å². The Morgan fingerprint density at radius 3 is 2.77 bits per heavy atom. The van der Waals surface area contributed by atoms with E-state index in [0.29, 0.717) is 23.3 Å². The SMILES string of the molecule is COc1cccc(CN2CCN(Cc3nc(-c4ccc(Cl)cc4)no3)C[C@H]2CCO)c1. The van der Waals surface area contributed by atoms with Gasteiger partial charge in [-0.3, -0.25) is 9.80 Å². The van der Waals surface area contributed by atoms with Crippen molar-refractivity contribution in [1.29, 1.82) is 0 Å². The first kappa shape index (κ1) is 21.8. The fourth-order valence-electron chi connectivity index (χ4n) is 3.96. The Morgan fingerprint density at radius 2 is 2.00 bits per heavy atom. The molecule has 0 aliphatic carbocycles. The lowest BCUT2D eigenvalue weighted by molar-refractivity contribution is 0.0450. The van der Waals surface area contributed by atoms with Crippen LogP contribution in [0.15, 0.2) is 53.1 Å². The summed E-state index contributed by atoms with van der Waals surface area (Å²) in [6.07, 6.45) is 0.723. The van der Waals surface area contributed by atoms with E-state index in [2.05, 4.69) is 32.1 Å². The largest absolute Gasteiger partial charge is 0.497 e. The normalized spacial score (nSPS) is 17.7. The minimum absolute atomic E-state index is 0.161. The van der Waals surface area contributed by atoms with Crippen LogP contribution < -0.4 is 4.74 Å². The van der Waals surface area contributed by atoms with Gasteiger partial charge in [-0.1, -0.05) is 28.9 Å². The van der Waals surface area contributed by atoms with Gasteiger partial charge in [0.05, 0.1) is 13.7 Å². The highest BCUT2D eigenvalue weighted by atomic mass is 35.5. The average Bonchev–Trinajstić information content (AvgIpc) is 3.25. The molecule has 3 aromatic rings. The molecule has 0 spiro atoms. The van der Waals surface area contributed by atoms with E-state index in [0.717, 1.165) is 43.9 Å². The van der Waals surface area contributed by atoms with Crippen molar-refractivity contribution in [1.82, 2.24) is 19.9 Å². The predicted molar refractivity (Wildman–Crippen MR) is 119 cm³/mol. The zero-order valence-electron chi connectivity index (χ0n) is 17.6. The Morgan fingerprint density at radius 1 is 1.16 bits per heavy atom.